The first-order valence-electron chi connectivity index (χ1n) is 6.18. The Hall–Kier alpha value is -1.55. The Morgan fingerprint density at radius 1 is 1.33 bits per heavy atom. The SMILES string of the molecule is CC(NCc1ccccc1N)C(=O)NC(C)(C)C. The third-order valence-corrected chi connectivity index (χ3v) is 2.55. The summed E-state index contributed by atoms with van der Waals surface area (Å²) in [5.41, 5.74) is 7.39. The van der Waals surface area contributed by atoms with Crippen LogP contribution in [0.3, 0.4) is 0 Å². The monoisotopic (exact) mass is 249 g/mol. The average Bonchev–Trinajstić information content (AvgIpc) is 2.25. The molecule has 1 unspecified atom stereocenters. The van der Waals surface area contributed by atoms with Crippen molar-refractivity contribution >= 4 is 11.6 Å². The van der Waals surface area contributed by atoms with Crippen molar-refractivity contribution in [2.75, 3.05) is 5.73 Å². The lowest BCUT2D eigenvalue weighted by Crippen LogP contribution is -2.49. The van der Waals surface area contributed by atoms with Gasteiger partial charge in [0.25, 0.3) is 0 Å². The minimum atomic E-state index is -0.246. The van der Waals surface area contributed by atoms with Gasteiger partial charge in [-0.15, -0.1) is 0 Å². The molecule has 1 atom stereocenters. The maximum atomic E-state index is 11.9. The highest BCUT2D eigenvalue weighted by molar-refractivity contribution is 5.81. The fourth-order valence-electron chi connectivity index (χ4n) is 1.53. The van der Waals surface area contributed by atoms with Crippen molar-refractivity contribution in [1.29, 1.82) is 0 Å². The average molecular weight is 249 g/mol. The Labute approximate surface area is 109 Å². The number of hydrogen-bond donors (Lipinski definition) is 3. The van der Waals surface area contributed by atoms with Gasteiger partial charge in [0.2, 0.25) is 5.91 Å². The highest BCUT2D eigenvalue weighted by Crippen LogP contribution is 2.10. The van der Waals surface area contributed by atoms with Gasteiger partial charge in [0, 0.05) is 17.8 Å². The van der Waals surface area contributed by atoms with Crippen LogP contribution in [0.25, 0.3) is 0 Å². The van der Waals surface area contributed by atoms with Crippen LogP contribution < -0.4 is 16.4 Å². The Bertz CT molecular complexity index is 410. The molecule has 0 spiro atoms. The van der Waals surface area contributed by atoms with E-state index < -0.39 is 0 Å². The topological polar surface area (TPSA) is 67.1 Å². The second-order valence-corrected chi connectivity index (χ2v) is 5.54. The molecule has 0 aromatic heterocycles. The van der Waals surface area contributed by atoms with Gasteiger partial charge < -0.3 is 16.4 Å². The molecule has 0 radical (unpaired) electrons. The minimum Gasteiger partial charge on any atom is -0.398 e. The van der Waals surface area contributed by atoms with Crippen molar-refractivity contribution in [2.45, 2.75) is 45.8 Å². The van der Waals surface area contributed by atoms with Crippen molar-refractivity contribution < 1.29 is 4.79 Å². The Morgan fingerprint density at radius 3 is 2.50 bits per heavy atom. The van der Waals surface area contributed by atoms with Gasteiger partial charge in [-0.1, -0.05) is 18.2 Å². The fraction of sp³-hybridized carbons (Fsp3) is 0.500. The fourth-order valence-corrected chi connectivity index (χ4v) is 1.53. The number of anilines is 1. The quantitative estimate of drug-likeness (QED) is 0.711. The molecule has 0 fully saturated rings. The zero-order chi connectivity index (χ0) is 13.8. The van der Waals surface area contributed by atoms with E-state index in [9.17, 15) is 4.79 Å². The van der Waals surface area contributed by atoms with Crippen LogP contribution in [0.2, 0.25) is 0 Å². The third-order valence-electron chi connectivity index (χ3n) is 2.55. The smallest absolute Gasteiger partial charge is 0.237 e. The molecule has 4 N–H and O–H groups in total. The predicted molar refractivity (Wildman–Crippen MR) is 75.1 cm³/mol. The lowest BCUT2D eigenvalue weighted by molar-refractivity contribution is -0.124. The summed E-state index contributed by atoms with van der Waals surface area (Å²) in [5.74, 6) is -0.00278. The van der Waals surface area contributed by atoms with Crippen molar-refractivity contribution in [2.24, 2.45) is 0 Å². The van der Waals surface area contributed by atoms with E-state index in [-0.39, 0.29) is 17.5 Å². The zero-order valence-corrected chi connectivity index (χ0v) is 11.6. The number of carbonyl (C=O) groups is 1. The first kappa shape index (κ1) is 14.5. The van der Waals surface area contributed by atoms with E-state index in [1.807, 2.05) is 52.0 Å². The lowest BCUT2D eigenvalue weighted by atomic mass is 10.1. The van der Waals surface area contributed by atoms with Crippen LogP contribution in [-0.2, 0) is 11.3 Å². The number of hydrogen-bond acceptors (Lipinski definition) is 3. The maximum Gasteiger partial charge on any atom is 0.237 e. The number of benzene rings is 1. The van der Waals surface area contributed by atoms with Gasteiger partial charge in [-0.2, -0.15) is 0 Å². The Morgan fingerprint density at radius 2 is 1.94 bits per heavy atom. The first-order chi connectivity index (χ1) is 8.29. The van der Waals surface area contributed by atoms with Gasteiger partial charge in [0.05, 0.1) is 6.04 Å². The molecule has 1 rings (SSSR count). The molecule has 1 aromatic carbocycles. The van der Waals surface area contributed by atoms with Crippen LogP contribution in [0.15, 0.2) is 24.3 Å². The number of amides is 1. The van der Waals surface area contributed by atoms with Crippen LogP contribution >= 0.6 is 0 Å². The second-order valence-electron chi connectivity index (χ2n) is 5.54. The minimum absolute atomic E-state index is 0.00278. The van der Waals surface area contributed by atoms with E-state index in [2.05, 4.69) is 10.6 Å². The molecular weight excluding hydrogens is 226 g/mol. The molecule has 1 aromatic rings. The summed E-state index contributed by atoms with van der Waals surface area (Å²) in [5, 5.41) is 6.11. The van der Waals surface area contributed by atoms with Crippen LogP contribution in [0, 0.1) is 0 Å². The molecule has 0 saturated heterocycles. The summed E-state index contributed by atoms with van der Waals surface area (Å²) in [6.45, 7) is 8.33. The summed E-state index contributed by atoms with van der Waals surface area (Å²) in [7, 11) is 0. The molecule has 1 amide bonds. The van der Waals surface area contributed by atoms with E-state index in [4.69, 9.17) is 5.73 Å². The maximum absolute atomic E-state index is 11.9. The molecule has 18 heavy (non-hydrogen) atoms. The number of para-hydroxylation sites is 1. The number of nitrogens with two attached hydrogens (primary N) is 1. The van der Waals surface area contributed by atoms with Crippen molar-refractivity contribution in [3.63, 3.8) is 0 Å². The number of nitrogen functional groups attached to an aromatic ring is 1. The summed E-state index contributed by atoms with van der Waals surface area (Å²) in [6, 6.07) is 7.40. The largest absolute Gasteiger partial charge is 0.398 e. The van der Waals surface area contributed by atoms with Crippen molar-refractivity contribution in [1.82, 2.24) is 10.6 Å². The summed E-state index contributed by atoms with van der Waals surface area (Å²) >= 11 is 0. The second kappa shape index (κ2) is 5.87. The van der Waals surface area contributed by atoms with Gasteiger partial charge in [0.15, 0.2) is 0 Å². The number of nitrogens with one attached hydrogen (secondary N) is 2. The van der Waals surface area contributed by atoms with E-state index in [1.54, 1.807) is 0 Å². The van der Waals surface area contributed by atoms with Crippen LogP contribution in [0.4, 0.5) is 5.69 Å². The van der Waals surface area contributed by atoms with E-state index in [0.717, 1.165) is 11.3 Å². The third kappa shape index (κ3) is 4.75. The molecule has 0 aliphatic heterocycles. The predicted octanol–water partition coefficient (Wildman–Crippen LogP) is 1.66. The van der Waals surface area contributed by atoms with Gasteiger partial charge in [-0.3, -0.25) is 4.79 Å². The molecule has 0 bridgehead atoms. The van der Waals surface area contributed by atoms with Gasteiger partial charge in [0.1, 0.15) is 0 Å². The Balaban J connectivity index is 2.49. The van der Waals surface area contributed by atoms with Crippen LogP contribution in [0.1, 0.15) is 33.3 Å². The molecule has 0 saturated carbocycles. The molecule has 0 heterocycles. The van der Waals surface area contributed by atoms with E-state index in [1.165, 1.54) is 0 Å². The zero-order valence-electron chi connectivity index (χ0n) is 11.6. The highest BCUT2D eigenvalue weighted by Gasteiger charge is 2.18. The van der Waals surface area contributed by atoms with E-state index >= 15 is 0 Å². The highest BCUT2D eigenvalue weighted by atomic mass is 16.2. The van der Waals surface area contributed by atoms with Crippen LogP contribution in [-0.4, -0.2) is 17.5 Å². The molecule has 4 heteroatoms. The van der Waals surface area contributed by atoms with Crippen LogP contribution in [0.5, 0.6) is 0 Å². The molecular formula is C14H23N3O. The molecule has 4 nitrogen and oxygen atoms in total. The normalized spacial score (nSPS) is 13.1. The van der Waals surface area contributed by atoms with Gasteiger partial charge in [-0.05, 0) is 39.3 Å². The molecule has 100 valence electrons. The van der Waals surface area contributed by atoms with E-state index in [0.29, 0.717) is 6.54 Å². The summed E-state index contributed by atoms with van der Waals surface area (Å²) < 4.78 is 0. The van der Waals surface area contributed by atoms with Crippen molar-refractivity contribution in [3.05, 3.63) is 29.8 Å². The number of carbonyl (C=O) groups excluding carboxylic acids is 1. The first-order valence-corrected chi connectivity index (χ1v) is 6.18. The molecule has 0 aliphatic rings. The van der Waals surface area contributed by atoms with Crippen molar-refractivity contribution in [3.8, 4) is 0 Å². The van der Waals surface area contributed by atoms with Gasteiger partial charge >= 0.3 is 0 Å². The van der Waals surface area contributed by atoms with Gasteiger partial charge in [-0.25, -0.2) is 0 Å². The number of rotatable bonds is 4. The standard InChI is InChI=1S/C14H23N3O/c1-10(13(18)17-14(2,3)4)16-9-11-7-5-6-8-12(11)15/h5-8,10,16H,9,15H2,1-4H3,(H,17,18). The molecule has 0 aliphatic carbocycles. The Kier molecular flexibility index (Phi) is 4.73. The summed E-state index contributed by atoms with van der Waals surface area (Å²) in [4.78, 5) is 11.9. The summed E-state index contributed by atoms with van der Waals surface area (Å²) in [6.07, 6.45) is 0. The lowest BCUT2D eigenvalue weighted by Gasteiger charge is -2.23.